The number of amides is 1. The molecule has 1 aliphatic heterocycles. The van der Waals surface area contributed by atoms with E-state index in [1.54, 1.807) is 0 Å². The predicted octanol–water partition coefficient (Wildman–Crippen LogP) is 5.36. The van der Waals surface area contributed by atoms with E-state index in [9.17, 15) is 4.79 Å². The molecule has 0 radical (unpaired) electrons. The summed E-state index contributed by atoms with van der Waals surface area (Å²) in [7, 11) is 0. The van der Waals surface area contributed by atoms with Gasteiger partial charge in [-0.2, -0.15) is 0 Å². The zero-order valence-corrected chi connectivity index (χ0v) is 13.1. The number of hydrogen-bond acceptors (Lipinski definition) is 1. The fourth-order valence-corrected chi connectivity index (χ4v) is 3.30. The summed E-state index contributed by atoms with van der Waals surface area (Å²) in [5.74, 6) is 0.0920. The molecule has 1 heterocycles. The second kappa shape index (κ2) is 6.78. The molecule has 0 saturated heterocycles. The van der Waals surface area contributed by atoms with Crippen LogP contribution in [0, 0.1) is 0 Å². The van der Waals surface area contributed by atoms with Gasteiger partial charge in [0.2, 0.25) is 5.91 Å². The van der Waals surface area contributed by atoms with Crippen LogP contribution in [0.2, 0.25) is 0 Å². The summed E-state index contributed by atoms with van der Waals surface area (Å²) in [4.78, 5) is 12.7. The van der Waals surface area contributed by atoms with Crippen molar-refractivity contribution in [3.63, 3.8) is 0 Å². The Kier molecular flexibility index (Phi) is 4.57. The van der Waals surface area contributed by atoms with Gasteiger partial charge in [-0.3, -0.25) is 4.79 Å². The molecule has 1 aliphatic rings. The Morgan fingerprint density at radius 2 is 1.64 bits per heavy atom. The highest BCUT2D eigenvalue weighted by molar-refractivity contribution is 6.03. The van der Waals surface area contributed by atoms with Crippen LogP contribution in [-0.4, -0.2) is 5.91 Å². The lowest BCUT2D eigenvalue weighted by Gasteiger charge is -2.16. The zero-order valence-electron chi connectivity index (χ0n) is 13.1. The maximum atomic E-state index is 12.7. The molecular formula is C20H23NO. The molecule has 0 saturated carbocycles. The molecule has 0 fully saturated rings. The van der Waals surface area contributed by atoms with Crippen LogP contribution >= 0.6 is 0 Å². The van der Waals surface area contributed by atoms with Gasteiger partial charge in [-0.1, -0.05) is 75.1 Å². The van der Waals surface area contributed by atoms with E-state index in [-0.39, 0.29) is 11.8 Å². The van der Waals surface area contributed by atoms with E-state index >= 15 is 0 Å². The van der Waals surface area contributed by atoms with Gasteiger partial charge in [-0.25, -0.2) is 0 Å². The van der Waals surface area contributed by atoms with E-state index in [2.05, 4.69) is 36.5 Å². The van der Waals surface area contributed by atoms with Gasteiger partial charge in [0.05, 0.1) is 5.92 Å². The summed E-state index contributed by atoms with van der Waals surface area (Å²) in [6.07, 6.45) is 5.71. The van der Waals surface area contributed by atoms with Crippen molar-refractivity contribution in [3.8, 4) is 11.1 Å². The first kappa shape index (κ1) is 14.8. The van der Waals surface area contributed by atoms with Gasteiger partial charge in [0, 0.05) is 11.3 Å². The van der Waals surface area contributed by atoms with E-state index in [0.29, 0.717) is 0 Å². The van der Waals surface area contributed by atoms with Crippen LogP contribution in [-0.2, 0) is 4.79 Å². The van der Waals surface area contributed by atoms with Crippen molar-refractivity contribution >= 4 is 11.6 Å². The Labute approximate surface area is 132 Å². The highest BCUT2D eigenvalue weighted by Crippen LogP contribution is 2.39. The topological polar surface area (TPSA) is 29.1 Å². The third kappa shape index (κ3) is 2.92. The second-order valence-corrected chi connectivity index (χ2v) is 6.02. The monoisotopic (exact) mass is 293 g/mol. The first-order chi connectivity index (χ1) is 10.8. The van der Waals surface area contributed by atoms with Crippen molar-refractivity contribution in [2.45, 2.75) is 44.9 Å². The maximum absolute atomic E-state index is 12.7. The molecule has 1 N–H and O–H groups in total. The molecule has 0 bridgehead atoms. The average molecular weight is 293 g/mol. The lowest BCUT2D eigenvalue weighted by Crippen LogP contribution is -2.19. The van der Waals surface area contributed by atoms with Gasteiger partial charge >= 0.3 is 0 Å². The molecule has 2 aromatic rings. The Morgan fingerprint density at radius 3 is 2.45 bits per heavy atom. The molecule has 3 rings (SSSR count). The van der Waals surface area contributed by atoms with Gasteiger partial charge < -0.3 is 5.32 Å². The fourth-order valence-electron chi connectivity index (χ4n) is 3.30. The largest absolute Gasteiger partial charge is 0.325 e. The van der Waals surface area contributed by atoms with Crippen LogP contribution < -0.4 is 5.32 Å². The quantitative estimate of drug-likeness (QED) is 0.739. The van der Waals surface area contributed by atoms with Gasteiger partial charge in [-0.05, 0) is 23.6 Å². The minimum atomic E-state index is -0.0412. The lowest BCUT2D eigenvalue weighted by molar-refractivity contribution is -0.117. The Morgan fingerprint density at radius 1 is 0.909 bits per heavy atom. The smallest absolute Gasteiger partial charge is 0.231 e. The SMILES string of the molecule is CCCCCCC1C(=O)Nc2ccccc2-c2ccccc21. The van der Waals surface area contributed by atoms with E-state index in [4.69, 9.17) is 0 Å². The third-order valence-corrected chi connectivity index (χ3v) is 4.47. The van der Waals surface area contributed by atoms with Crippen molar-refractivity contribution in [2.24, 2.45) is 0 Å². The summed E-state index contributed by atoms with van der Waals surface area (Å²) in [5, 5.41) is 3.12. The molecule has 2 aromatic carbocycles. The summed E-state index contributed by atoms with van der Waals surface area (Å²) >= 11 is 0. The Balaban J connectivity index is 1.95. The van der Waals surface area contributed by atoms with E-state index in [0.717, 1.165) is 24.1 Å². The van der Waals surface area contributed by atoms with E-state index in [1.165, 1.54) is 30.4 Å². The molecular weight excluding hydrogens is 270 g/mol. The average Bonchev–Trinajstić information content (AvgIpc) is 2.66. The number of anilines is 1. The first-order valence-corrected chi connectivity index (χ1v) is 8.30. The number of unbranched alkanes of at least 4 members (excludes halogenated alkanes) is 3. The Hall–Kier alpha value is -2.09. The zero-order chi connectivity index (χ0) is 15.4. The van der Waals surface area contributed by atoms with Crippen LogP contribution in [0.5, 0.6) is 0 Å². The molecule has 0 spiro atoms. The molecule has 22 heavy (non-hydrogen) atoms. The van der Waals surface area contributed by atoms with Crippen LogP contribution in [0.4, 0.5) is 5.69 Å². The van der Waals surface area contributed by atoms with Crippen molar-refractivity contribution in [2.75, 3.05) is 5.32 Å². The number of benzene rings is 2. The highest BCUT2D eigenvalue weighted by atomic mass is 16.1. The number of nitrogens with one attached hydrogen (secondary N) is 1. The van der Waals surface area contributed by atoms with Crippen molar-refractivity contribution in [1.29, 1.82) is 0 Å². The minimum absolute atomic E-state index is 0.0412. The molecule has 2 heteroatoms. The van der Waals surface area contributed by atoms with E-state index in [1.807, 2.05) is 24.3 Å². The molecule has 1 atom stereocenters. The standard InChI is InChI=1S/C20H23NO/c1-2-3-4-5-13-18-16-11-7-6-10-15(16)17-12-8-9-14-19(17)21-20(18)22/h6-12,14,18H,2-5,13H2,1H3,(H,21,22). The minimum Gasteiger partial charge on any atom is -0.325 e. The number of rotatable bonds is 5. The van der Waals surface area contributed by atoms with Crippen molar-refractivity contribution in [3.05, 3.63) is 54.1 Å². The Bertz CT molecular complexity index is 662. The fraction of sp³-hybridized carbons (Fsp3) is 0.350. The molecule has 0 aliphatic carbocycles. The van der Waals surface area contributed by atoms with Crippen LogP contribution in [0.15, 0.2) is 48.5 Å². The maximum Gasteiger partial charge on any atom is 0.231 e. The molecule has 1 unspecified atom stereocenters. The van der Waals surface area contributed by atoms with Gasteiger partial charge in [0.15, 0.2) is 0 Å². The second-order valence-electron chi connectivity index (χ2n) is 6.02. The highest BCUT2D eigenvalue weighted by Gasteiger charge is 2.27. The van der Waals surface area contributed by atoms with Crippen LogP contribution in [0.1, 0.15) is 50.5 Å². The van der Waals surface area contributed by atoms with Gasteiger partial charge in [-0.15, -0.1) is 0 Å². The van der Waals surface area contributed by atoms with Crippen molar-refractivity contribution in [1.82, 2.24) is 0 Å². The van der Waals surface area contributed by atoms with Gasteiger partial charge in [0.1, 0.15) is 0 Å². The number of carbonyl (C=O) groups is 1. The van der Waals surface area contributed by atoms with Crippen LogP contribution in [0.3, 0.4) is 0 Å². The summed E-state index contributed by atoms with van der Waals surface area (Å²) in [5.41, 5.74) is 4.41. The number of fused-ring (bicyclic) bond motifs is 3. The van der Waals surface area contributed by atoms with Gasteiger partial charge in [0.25, 0.3) is 0 Å². The molecule has 114 valence electrons. The number of hydrogen-bond donors (Lipinski definition) is 1. The number of carbonyl (C=O) groups excluding carboxylic acids is 1. The predicted molar refractivity (Wildman–Crippen MR) is 92.0 cm³/mol. The normalized spacial score (nSPS) is 16.4. The molecule has 2 nitrogen and oxygen atoms in total. The molecule has 0 aromatic heterocycles. The first-order valence-electron chi connectivity index (χ1n) is 8.30. The van der Waals surface area contributed by atoms with Crippen LogP contribution in [0.25, 0.3) is 11.1 Å². The molecule has 1 amide bonds. The third-order valence-electron chi connectivity index (χ3n) is 4.47. The lowest BCUT2D eigenvalue weighted by atomic mass is 9.88. The summed E-state index contributed by atoms with van der Waals surface area (Å²) < 4.78 is 0. The number of para-hydroxylation sites is 1. The summed E-state index contributed by atoms with van der Waals surface area (Å²) in [6, 6.07) is 16.4. The summed E-state index contributed by atoms with van der Waals surface area (Å²) in [6.45, 7) is 2.21. The van der Waals surface area contributed by atoms with E-state index < -0.39 is 0 Å². The van der Waals surface area contributed by atoms with Crippen molar-refractivity contribution < 1.29 is 4.79 Å².